The molecule has 40 heavy (non-hydrogen) atoms. The van der Waals surface area contributed by atoms with E-state index in [0.717, 1.165) is 11.1 Å². The number of benzene rings is 3. The number of aliphatic carboxylic acids is 1. The molecule has 10 heteroatoms. The largest absolute Gasteiger partial charge is 0.490 e. The van der Waals surface area contributed by atoms with Crippen LogP contribution in [-0.4, -0.2) is 49.5 Å². The van der Waals surface area contributed by atoms with E-state index >= 15 is 0 Å². The zero-order chi connectivity index (χ0) is 28.4. The molecule has 3 aromatic carbocycles. The molecule has 0 aliphatic carbocycles. The number of amides is 1. The average Bonchev–Trinajstić information content (AvgIpc) is 3.34. The highest BCUT2D eigenvalue weighted by atomic mass is 16.6. The fourth-order valence-corrected chi connectivity index (χ4v) is 5.42. The van der Waals surface area contributed by atoms with Crippen LogP contribution < -0.4 is 4.74 Å². The number of nitro benzene ring substituents is 1. The molecule has 10 nitrogen and oxygen atoms in total. The Balaban J connectivity index is 1.48. The summed E-state index contributed by atoms with van der Waals surface area (Å²) in [6.07, 6.45) is 1.65. The number of rotatable bonds is 8. The van der Waals surface area contributed by atoms with Crippen LogP contribution in [0, 0.1) is 17.0 Å². The molecule has 1 atom stereocenters. The number of nitrogens with zero attached hydrogens (tertiary/aromatic N) is 4. The minimum absolute atomic E-state index is 0.0378. The van der Waals surface area contributed by atoms with Crippen molar-refractivity contribution in [2.75, 3.05) is 7.11 Å². The maximum absolute atomic E-state index is 14.1. The van der Waals surface area contributed by atoms with E-state index in [2.05, 4.69) is 4.98 Å². The smallest absolute Gasteiger partial charge is 0.326 e. The van der Waals surface area contributed by atoms with Gasteiger partial charge in [0.05, 0.1) is 36.5 Å². The standard InChI is InChI=1S/C30H28N4O6/c1-19-13-20(14-25(34(38)39)28(19)40-2)16-32-18-31-23-17-33(26(30(36)37)15-24(23)32)29(35)27(21-9-5-3-6-10-21)22-11-7-4-8-12-22/h3-14,18,26-27H,15-17H2,1-2H3,(H,36,37). The van der Waals surface area contributed by atoms with Gasteiger partial charge in [0.25, 0.3) is 0 Å². The van der Waals surface area contributed by atoms with Gasteiger partial charge >= 0.3 is 11.7 Å². The van der Waals surface area contributed by atoms with E-state index in [0.29, 0.717) is 22.5 Å². The van der Waals surface area contributed by atoms with Crippen molar-refractivity contribution in [2.24, 2.45) is 0 Å². The van der Waals surface area contributed by atoms with E-state index in [1.165, 1.54) is 18.1 Å². The van der Waals surface area contributed by atoms with Crippen molar-refractivity contribution in [1.82, 2.24) is 14.5 Å². The Bertz CT molecular complexity index is 1530. The van der Waals surface area contributed by atoms with Crippen molar-refractivity contribution in [3.8, 4) is 5.75 Å². The van der Waals surface area contributed by atoms with Gasteiger partial charge in [-0.15, -0.1) is 0 Å². The number of carbonyl (C=O) groups is 2. The van der Waals surface area contributed by atoms with Gasteiger partial charge in [-0.05, 0) is 29.2 Å². The zero-order valence-corrected chi connectivity index (χ0v) is 22.1. The van der Waals surface area contributed by atoms with Crippen LogP contribution in [0.3, 0.4) is 0 Å². The summed E-state index contributed by atoms with van der Waals surface area (Å²) in [5, 5.41) is 21.8. The molecule has 5 rings (SSSR count). The highest BCUT2D eigenvalue weighted by Crippen LogP contribution is 2.34. The molecule has 0 bridgehead atoms. The fraction of sp³-hybridized carbons (Fsp3) is 0.233. The van der Waals surface area contributed by atoms with Crippen LogP contribution in [0.4, 0.5) is 5.69 Å². The van der Waals surface area contributed by atoms with Gasteiger partial charge in [-0.25, -0.2) is 9.78 Å². The number of carboxylic acids is 1. The second kappa shape index (κ2) is 11.0. The molecule has 1 aliphatic heterocycles. The highest BCUT2D eigenvalue weighted by molar-refractivity contribution is 5.91. The van der Waals surface area contributed by atoms with E-state index in [4.69, 9.17) is 4.74 Å². The maximum Gasteiger partial charge on any atom is 0.326 e. The minimum Gasteiger partial charge on any atom is -0.490 e. The summed E-state index contributed by atoms with van der Waals surface area (Å²) < 4.78 is 7.01. The van der Waals surface area contributed by atoms with E-state index in [1.807, 2.05) is 60.7 Å². The fourth-order valence-electron chi connectivity index (χ4n) is 5.42. The first kappa shape index (κ1) is 26.6. The third-order valence-corrected chi connectivity index (χ3v) is 7.27. The van der Waals surface area contributed by atoms with Crippen molar-refractivity contribution >= 4 is 17.6 Å². The van der Waals surface area contributed by atoms with Gasteiger partial charge in [0.1, 0.15) is 6.04 Å². The first-order valence-electron chi connectivity index (χ1n) is 12.8. The van der Waals surface area contributed by atoms with Crippen molar-refractivity contribution in [3.05, 3.63) is 123 Å². The van der Waals surface area contributed by atoms with Crippen molar-refractivity contribution in [3.63, 3.8) is 0 Å². The predicted octanol–water partition coefficient (Wildman–Crippen LogP) is 4.33. The Hall–Kier alpha value is -4.99. The number of hydrogen-bond acceptors (Lipinski definition) is 6. The quantitative estimate of drug-likeness (QED) is 0.260. The number of aryl methyl sites for hydroxylation is 1. The summed E-state index contributed by atoms with van der Waals surface area (Å²) in [4.78, 5) is 43.6. The molecule has 204 valence electrons. The first-order valence-corrected chi connectivity index (χ1v) is 12.8. The predicted molar refractivity (Wildman–Crippen MR) is 146 cm³/mol. The van der Waals surface area contributed by atoms with Crippen LogP contribution in [-0.2, 0) is 29.1 Å². The van der Waals surface area contributed by atoms with Crippen LogP contribution in [0.5, 0.6) is 5.75 Å². The van der Waals surface area contributed by atoms with Crippen molar-refractivity contribution in [2.45, 2.75) is 38.4 Å². The maximum atomic E-state index is 14.1. The second-order valence-corrected chi connectivity index (χ2v) is 9.77. The average molecular weight is 541 g/mol. The Morgan fingerprint density at radius 2 is 1.73 bits per heavy atom. The van der Waals surface area contributed by atoms with Crippen LogP contribution in [0.25, 0.3) is 0 Å². The van der Waals surface area contributed by atoms with Gasteiger partial charge in [-0.2, -0.15) is 0 Å². The lowest BCUT2D eigenvalue weighted by atomic mass is 9.88. The van der Waals surface area contributed by atoms with Gasteiger partial charge < -0.3 is 19.3 Å². The number of methoxy groups -OCH3 is 1. The number of carboxylic acid groups (broad SMARTS) is 1. The molecule has 1 aromatic heterocycles. The van der Waals surface area contributed by atoms with E-state index in [1.54, 1.807) is 23.9 Å². The SMILES string of the molecule is COc1c(C)cc(Cn2cnc3c2CC(C(=O)O)N(C(=O)C(c2ccccc2)c2ccccc2)C3)cc1[N+](=O)[O-]. The van der Waals surface area contributed by atoms with Gasteiger partial charge in [0.2, 0.25) is 5.91 Å². The number of imidazole rings is 1. The molecule has 0 saturated carbocycles. The summed E-state index contributed by atoms with van der Waals surface area (Å²) in [7, 11) is 1.39. The summed E-state index contributed by atoms with van der Waals surface area (Å²) in [5.74, 6) is -1.89. The topological polar surface area (TPSA) is 128 Å². The van der Waals surface area contributed by atoms with E-state index in [9.17, 15) is 24.8 Å². The van der Waals surface area contributed by atoms with Crippen LogP contribution in [0.1, 0.15) is 39.6 Å². The molecule has 1 amide bonds. The Kier molecular flexibility index (Phi) is 7.33. The molecule has 0 saturated heterocycles. The van der Waals surface area contributed by atoms with E-state index in [-0.39, 0.29) is 36.9 Å². The van der Waals surface area contributed by atoms with Gasteiger partial charge in [0, 0.05) is 24.7 Å². The minimum atomic E-state index is -1.11. The zero-order valence-electron chi connectivity index (χ0n) is 22.1. The molecule has 1 aliphatic rings. The molecule has 2 heterocycles. The van der Waals surface area contributed by atoms with Crippen LogP contribution >= 0.6 is 0 Å². The summed E-state index contributed by atoms with van der Waals surface area (Å²) in [5.41, 5.74) is 3.97. The Morgan fingerprint density at radius 1 is 1.10 bits per heavy atom. The Labute approximate surface area is 230 Å². The molecule has 1 N–H and O–H groups in total. The van der Waals surface area contributed by atoms with Gasteiger partial charge in [-0.3, -0.25) is 14.9 Å². The second-order valence-electron chi connectivity index (χ2n) is 9.77. The van der Waals surface area contributed by atoms with Gasteiger partial charge in [-0.1, -0.05) is 66.7 Å². The number of carbonyl (C=O) groups excluding carboxylic acids is 1. The number of hydrogen-bond donors (Lipinski definition) is 1. The lowest BCUT2D eigenvalue weighted by Gasteiger charge is -2.35. The summed E-state index contributed by atoms with van der Waals surface area (Å²) in [6.45, 7) is 2.03. The number of ether oxygens (including phenoxy) is 1. The number of fused-ring (bicyclic) bond motifs is 1. The molecule has 4 aromatic rings. The van der Waals surface area contributed by atoms with Crippen LogP contribution in [0.15, 0.2) is 79.1 Å². The Morgan fingerprint density at radius 3 is 2.27 bits per heavy atom. The summed E-state index contributed by atoms with van der Waals surface area (Å²) in [6, 6.07) is 20.8. The highest BCUT2D eigenvalue weighted by Gasteiger charge is 2.40. The molecule has 1 unspecified atom stereocenters. The lowest BCUT2D eigenvalue weighted by Crippen LogP contribution is -2.50. The normalized spacial score (nSPS) is 14.6. The number of aromatic nitrogens is 2. The molecular formula is C30H28N4O6. The first-order chi connectivity index (χ1) is 19.3. The number of nitro groups is 1. The monoisotopic (exact) mass is 540 g/mol. The lowest BCUT2D eigenvalue weighted by molar-refractivity contribution is -0.385. The molecule has 0 radical (unpaired) electrons. The van der Waals surface area contributed by atoms with Crippen LogP contribution in [0.2, 0.25) is 0 Å². The van der Waals surface area contributed by atoms with Gasteiger partial charge in [0.15, 0.2) is 5.75 Å². The molecule has 0 fully saturated rings. The molecule has 0 spiro atoms. The summed E-state index contributed by atoms with van der Waals surface area (Å²) >= 11 is 0. The third kappa shape index (κ3) is 5.03. The third-order valence-electron chi connectivity index (χ3n) is 7.27. The van der Waals surface area contributed by atoms with Crippen molar-refractivity contribution in [1.29, 1.82) is 0 Å². The van der Waals surface area contributed by atoms with E-state index < -0.39 is 22.9 Å². The molecular weight excluding hydrogens is 512 g/mol. The van der Waals surface area contributed by atoms with Crippen molar-refractivity contribution < 1.29 is 24.4 Å².